The second-order valence-electron chi connectivity index (χ2n) is 6.28. The van der Waals surface area contributed by atoms with Gasteiger partial charge in [0.25, 0.3) is 0 Å². The summed E-state index contributed by atoms with van der Waals surface area (Å²) in [5.74, 6) is -8.97. The summed E-state index contributed by atoms with van der Waals surface area (Å²) in [6, 6.07) is 0. The quantitative estimate of drug-likeness (QED) is 0.417. The third-order valence-electron chi connectivity index (χ3n) is 3.97. The molecule has 0 aromatic carbocycles. The van der Waals surface area contributed by atoms with Gasteiger partial charge < -0.3 is 9.47 Å². The Balaban J connectivity index is 4.54. The van der Waals surface area contributed by atoms with Crippen molar-refractivity contribution in [3.8, 4) is 0 Å². The predicted octanol–water partition coefficient (Wildman–Crippen LogP) is 3.73. The maximum atomic E-state index is 12.6. The largest absolute Gasteiger partial charge is 0.465 e. The number of alkyl halides is 5. The van der Waals surface area contributed by atoms with Crippen molar-refractivity contribution >= 4 is 11.9 Å². The standard InChI is InChI=1S/C14H21F5O4/c1-6-12(5,11(2,3)4)9(20)22-7-8-23-10(21)13(15,16)14(17,18)19/h6-8H2,1-5H3. The van der Waals surface area contributed by atoms with Crippen LogP contribution in [0.15, 0.2) is 0 Å². The monoisotopic (exact) mass is 348 g/mol. The van der Waals surface area contributed by atoms with E-state index in [4.69, 9.17) is 4.74 Å². The van der Waals surface area contributed by atoms with E-state index in [0.717, 1.165) is 0 Å². The first-order valence-electron chi connectivity index (χ1n) is 6.90. The highest BCUT2D eigenvalue weighted by Crippen LogP contribution is 2.42. The second-order valence-corrected chi connectivity index (χ2v) is 6.28. The first-order valence-corrected chi connectivity index (χ1v) is 6.90. The van der Waals surface area contributed by atoms with Crippen LogP contribution in [-0.4, -0.2) is 37.3 Å². The van der Waals surface area contributed by atoms with Crippen LogP contribution in [0.25, 0.3) is 0 Å². The topological polar surface area (TPSA) is 52.6 Å². The van der Waals surface area contributed by atoms with Crippen LogP contribution in [0.5, 0.6) is 0 Å². The average Bonchev–Trinajstić information content (AvgIpc) is 2.39. The fourth-order valence-corrected chi connectivity index (χ4v) is 1.62. The minimum absolute atomic E-state index is 0.432. The number of ether oxygens (including phenoxy) is 2. The third kappa shape index (κ3) is 4.78. The van der Waals surface area contributed by atoms with E-state index in [0.29, 0.717) is 6.42 Å². The average molecular weight is 348 g/mol. The molecule has 0 fully saturated rings. The van der Waals surface area contributed by atoms with Crippen molar-refractivity contribution in [3.05, 3.63) is 0 Å². The second kappa shape index (κ2) is 7.00. The molecule has 0 radical (unpaired) electrons. The molecule has 0 amide bonds. The summed E-state index contributed by atoms with van der Waals surface area (Å²) in [4.78, 5) is 22.8. The summed E-state index contributed by atoms with van der Waals surface area (Å²) in [6.45, 7) is 7.34. The molecule has 0 N–H and O–H groups in total. The van der Waals surface area contributed by atoms with Gasteiger partial charge >= 0.3 is 24.0 Å². The lowest BCUT2D eigenvalue weighted by Crippen LogP contribution is -2.45. The fourth-order valence-electron chi connectivity index (χ4n) is 1.62. The van der Waals surface area contributed by atoms with Crippen molar-refractivity contribution in [2.75, 3.05) is 13.2 Å². The first-order chi connectivity index (χ1) is 10.1. The molecule has 0 bridgehead atoms. The molecule has 0 aromatic rings. The number of rotatable bonds is 6. The van der Waals surface area contributed by atoms with Crippen molar-refractivity contribution in [2.24, 2.45) is 10.8 Å². The lowest BCUT2D eigenvalue weighted by atomic mass is 9.66. The van der Waals surface area contributed by atoms with E-state index in [9.17, 15) is 31.5 Å². The van der Waals surface area contributed by atoms with Gasteiger partial charge in [0.1, 0.15) is 13.2 Å². The predicted molar refractivity (Wildman–Crippen MR) is 70.8 cm³/mol. The molecular formula is C14H21F5O4. The van der Waals surface area contributed by atoms with Crippen LogP contribution < -0.4 is 0 Å². The molecule has 0 saturated heterocycles. The van der Waals surface area contributed by atoms with Crippen LogP contribution >= 0.6 is 0 Å². The molecule has 0 spiro atoms. The van der Waals surface area contributed by atoms with Gasteiger partial charge in [-0.1, -0.05) is 27.7 Å². The normalized spacial score (nSPS) is 15.7. The van der Waals surface area contributed by atoms with Crippen molar-refractivity contribution in [1.82, 2.24) is 0 Å². The number of carbonyl (C=O) groups is 2. The van der Waals surface area contributed by atoms with Gasteiger partial charge in [0.15, 0.2) is 0 Å². The van der Waals surface area contributed by atoms with Crippen LogP contribution in [-0.2, 0) is 19.1 Å². The van der Waals surface area contributed by atoms with Crippen LogP contribution in [0.3, 0.4) is 0 Å². The van der Waals surface area contributed by atoms with Crippen LogP contribution in [0.4, 0.5) is 22.0 Å². The summed E-state index contributed by atoms with van der Waals surface area (Å²) in [5.41, 5.74) is -1.34. The highest BCUT2D eigenvalue weighted by Gasteiger charge is 2.64. The summed E-state index contributed by atoms with van der Waals surface area (Å²) >= 11 is 0. The molecule has 0 heterocycles. The van der Waals surface area contributed by atoms with Gasteiger partial charge in [-0.05, 0) is 18.8 Å². The summed E-state index contributed by atoms with van der Waals surface area (Å²) in [5, 5.41) is 0. The summed E-state index contributed by atoms with van der Waals surface area (Å²) < 4.78 is 69.6. The van der Waals surface area contributed by atoms with Gasteiger partial charge in [-0.15, -0.1) is 0 Å². The molecule has 23 heavy (non-hydrogen) atoms. The van der Waals surface area contributed by atoms with E-state index >= 15 is 0 Å². The Labute approximate surface area is 131 Å². The van der Waals surface area contributed by atoms with Crippen molar-refractivity contribution in [2.45, 2.75) is 53.1 Å². The molecule has 4 nitrogen and oxygen atoms in total. The van der Waals surface area contributed by atoms with E-state index in [1.54, 1.807) is 13.8 Å². The maximum Gasteiger partial charge on any atom is 0.465 e. The van der Waals surface area contributed by atoms with Gasteiger partial charge in [-0.3, -0.25) is 4.79 Å². The maximum absolute atomic E-state index is 12.6. The Morgan fingerprint density at radius 3 is 1.52 bits per heavy atom. The molecule has 0 aliphatic heterocycles. The molecule has 1 atom stereocenters. The Morgan fingerprint density at radius 2 is 1.22 bits per heavy atom. The van der Waals surface area contributed by atoms with Gasteiger partial charge in [0, 0.05) is 0 Å². The number of hydrogen-bond donors (Lipinski definition) is 0. The lowest BCUT2D eigenvalue weighted by Gasteiger charge is -2.38. The number of carbonyl (C=O) groups excluding carboxylic acids is 2. The van der Waals surface area contributed by atoms with Crippen molar-refractivity contribution < 1.29 is 41.0 Å². The fraction of sp³-hybridized carbons (Fsp3) is 0.857. The van der Waals surface area contributed by atoms with Crippen molar-refractivity contribution in [1.29, 1.82) is 0 Å². The molecule has 0 aromatic heterocycles. The van der Waals surface area contributed by atoms with Crippen LogP contribution in [0.1, 0.15) is 41.0 Å². The van der Waals surface area contributed by atoms with Crippen molar-refractivity contribution in [3.63, 3.8) is 0 Å². The Morgan fingerprint density at radius 1 is 0.826 bits per heavy atom. The van der Waals surface area contributed by atoms with E-state index in [-0.39, 0.29) is 0 Å². The van der Waals surface area contributed by atoms with E-state index in [1.807, 2.05) is 20.8 Å². The molecule has 0 aliphatic rings. The Kier molecular flexibility index (Phi) is 6.57. The molecule has 0 rings (SSSR count). The van der Waals surface area contributed by atoms with Gasteiger partial charge in [-0.25, -0.2) is 4.79 Å². The Bertz CT molecular complexity index is 439. The zero-order valence-corrected chi connectivity index (χ0v) is 13.6. The summed E-state index contributed by atoms with van der Waals surface area (Å²) in [7, 11) is 0. The van der Waals surface area contributed by atoms with Crippen LogP contribution in [0.2, 0.25) is 0 Å². The summed E-state index contributed by atoms with van der Waals surface area (Å²) in [6.07, 6.45) is -5.60. The first kappa shape index (κ1) is 21.6. The van der Waals surface area contributed by atoms with E-state index in [2.05, 4.69) is 4.74 Å². The lowest BCUT2D eigenvalue weighted by molar-refractivity contribution is -0.280. The van der Waals surface area contributed by atoms with E-state index < -0.39 is 48.1 Å². The van der Waals surface area contributed by atoms with E-state index in [1.165, 1.54) is 0 Å². The Hall–Kier alpha value is -1.41. The minimum atomic E-state index is -6.03. The zero-order chi connectivity index (χ0) is 18.7. The van der Waals surface area contributed by atoms with Gasteiger partial charge in [0.05, 0.1) is 5.41 Å². The number of halogens is 5. The minimum Gasteiger partial charge on any atom is -0.462 e. The highest BCUT2D eigenvalue weighted by molar-refractivity contribution is 5.79. The third-order valence-corrected chi connectivity index (χ3v) is 3.97. The zero-order valence-electron chi connectivity index (χ0n) is 13.6. The number of hydrogen-bond acceptors (Lipinski definition) is 4. The molecule has 0 saturated carbocycles. The van der Waals surface area contributed by atoms with Gasteiger partial charge in [-0.2, -0.15) is 22.0 Å². The highest BCUT2D eigenvalue weighted by atomic mass is 19.4. The number of esters is 2. The smallest absolute Gasteiger partial charge is 0.462 e. The molecular weight excluding hydrogens is 327 g/mol. The molecule has 136 valence electrons. The SMILES string of the molecule is CCC(C)(C(=O)OCCOC(=O)C(F)(F)C(F)(F)F)C(C)(C)C. The van der Waals surface area contributed by atoms with Crippen LogP contribution in [0, 0.1) is 10.8 Å². The molecule has 1 unspecified atom stereocenters. The molecule has 9 heteroatoms. The van der Waals surface area contributed by atoms with Gasteiger partial charge in [0.2, 0.25) is 0 Å². The molecule has 0 aliphatic carbocycles.